The van der Waals surface area contributed by atoms with Crippen molar-refractivity contribution >= 4 is 22.9 Å². The largest absolute Gasteiger partial charge is 0.306 e. The van der Waals surface area contributed by atoms with Gasteiger partial charge in [-0.05, 0) is 24.1 Å². The van der Waals surface area contributed by atoms with Gasteiger partial charge in [0.2, 0.25) is 0 Å². The number of aromatic nitrogens is 2. The molecule has 0 saturated heterocycles. The first-order chi connectivity index (χ1) is 7.75. The number of aryl methyl sites for hydroxylation is 1. The molecule has 0 aliphatic heterocycles. The second-order valence-corrected chi connectivity index (χ2v) is 5.21. The predicted molar refractivity (Wildman–Crippen MR) is 66.6 cm³/mol. The lowest BCUT2D eigenvalue weighted by Crippen LogP contribution is -2.13. The van der Waals surface area contributed by atoms with Crippen molar-refractivity contribution in [1.82, 2.24) is 15.3 Å². The minimum Gasteiger partial charge on any atom is -0.306 e. The van der Waals surface area contributed by atoms with Crippen LogP contribution in [0, 0.1) is 6.92 Å². The zero-order valence-corrected chi connectivity index (χ0v) is 10.5. The highest BCUT2D eigenvalue weighted by Crippen LogP contribution is 2.17. The molecule has 0 aromatic carbocycles. The van der Waals surface area contributed by atoms with Gasteiger partial charge in [0.15, 0.2) is 0 Å². The number of nitrogens with zero attached hydrogens (tertiary/aromatic N) is 2. The summed E-state index contributed by atoms with van der Waals surface area (Å²) in [5, 5.41) is 4.33. The quantitative estimate of drug-likeness (QED) is 0.911. The second-order valence-electron chi connectivity index (χ2n) is 3.46. The van der Waals surface area contributed by atoms with E-state index in [-0.39, 0.29) is 0 Å². The number of halogens is 1. The van der Waals surface area contributed by atoms with Crippen LogP contribution in [0.2, 0.25) is 4.34 Å². The van der Waals surface area contributed by atoms with Gasteiger partial charge in [-0.15, -0.1) is 11.3 Å². The monoisotopic (exact) mass is 253 g/mol. The molecule has 2 heterocycles. The molecular weight excluding hydrogens is 242 g/mol. The summed E-state index contributed by atoms with van der Waals surface area (Å²) in [6.45, 7) is 3.63. The van der Waals surface area contributed by atoms with Gasteiger partial charge in [-0.1, -0.05) is 11.6 Å². The van der Waals surface area contributed by atoms with Gasteiger partial charge in [-0.25, -0.2) is 4.98 Å². The first-order valence-electron chi connectivity index (χ1n) is 4.96. The highest BCUT2D eigenvalue weighted by atomic mass is 35.5. The molecule has 0 radical (unpaired) electrons. The van der Waals surface area contributed by atoms with E-state index in [1.807, 2.05) is 12.3 Å². The molecule has 0 saturated carbocycles. The molecule has 0 aliphatic rings. The van der Waals surface area contributed by atoms with Gasteiger partial charge in [0, 0.05) is 25.5 Å². The lowest BCUT2D eigenvalue weighted by molar-refractivity contribution is 0.685. The third-order valence-corrected chi connectivity index (χ3v) is 3.38. The molecule has 16 heavy (non-hydrogen) atoms. The molecule has 1 N–H and O–H groups in total. The van der Waals surface area contributed by atoms with E-state index in [0.717, 1.165) is 22.4 Å². The van der Waals surface area contributed by atoms with Crippen LogP contribution in [0.4, 0.5) is 0 Å². The van der Waals surface area contributed by atoms with Crippen molar-refractivity contribution in [3.8, 4) is 0 Å². The fourth-order valence-corrected chi connectivity index (χ4v) is 2.28. The summed E-state index contributed by atoms with van der Waals surface area (Å²) in [5.41, 5.74) is 2.46. The molecule has 2 rings (SSSR count). The molecule has 0 spiro atoms. The van der Waals surface area contributed by atoms with Crippen molar-refractivity contribution in [3.63, 3.8) is 0 Å². The van der Waals surface area contributed by atoms with Crippen LogP contribution in [0.3, 0.4) is 0 Å². The summed E-state index contributed by atoms with van der Waals surface area (Å²) in [6.07, 6.45) is 5.37. The fraction of sp³-hybridized carbons (Fsp3) is 0.273. The van der Waals surface area contributed by atoms with Crippen molar-refractivity contribution in [2.45, 2.75) is 20.0 Å². The number of hydrogen-bond acceptors (Lipinski definition) is 4. The predicted octanol–water partition coefficient (Wildman–Crippen LogP) is 2.79. The lowest BCUT2D eigenvalue weighted by Gasteiger charge is -2.05. The Hall–Kier alpha value is -0.970. The van der Waals surface area contributed by atoms with Gasteiger partial charge in [-0.2, -0.15) is 0 Å². The summed E-state index contributed by atoms with van der Waals surface area (Å²) < 4.78 is 0.731. The van der Waals surface area contributed by atoms with E-state index < -0.39 is 0 Å². The highest BCUT2D eigenvalue weighted by Gasteiger charge is 2.00. The van der Waals surface area contributed by atoms with Crippen LogP contribution < -0.4 is 5.32 Å². The van der Waals surface area contributed by atoms with Gasteiger partial charge >= 0.3 is 0 Å². The van der Waals surface area contributed by atoms with Crippen LogP contribution >= 0.6 is 22.9 Å². The number of pyridine rings is 1. The van der Waals surface area contributed by atoms with Crippen molar-refractivity contribution in [2.75, 3.05) is 0 Å². The Balaban J connectivity index is 1.87. The van der Waals surface area contributed by atoms with Crippen molar-refractivity contribution in [3.05, 3.63) is 45.1 Å². The van der Waals surface area contributed by atoms with Crippen LogP contribution in [-0.2, 0) is 13.1 Å². The van der Waals surface area contributed by atoms with Gasteiger partial charge in [-0.3, -0.25) is 4.98 Å². The molecule has 0 aliphatic carbocycles. The summed E-state index contributed by atoms with van der Waals surface area (Å²) in [7, 11) is 0. The maximum Gasteiger partial charge on any atom is 0.113 e. The van der Waals surface area contributed by atoms with E-state index in [2.05, 4.69) is 22.2 Å². The topological polar surface area (TPSA) is 37.8 Å². The van der Waals surface area contributed by atoms with E-state index in [0.29, 0.717) is 0 Å². The SMILES string of the molecule is Cc1ccncc1CNCc1ncc(Cl)s1. The summed E-state index contributed by atoms with van der Waals surface area (Å²) in [4.78, 5) is 8.28. The molecule has 0 atom stereocenters. The van der Waals surface area contributed by atoms with Gasteiger partial charge < -0.3 is 5.32 Å². The fourth-order valence-electron chi connectivity index (χ4n) is 1.36. The number of rotatable bonds is 4. The zero-order chi connectivity index (χ0) is 11.4. The average Bonchev–Trinajstić information content (AvgIpc) is 2.67. The van der Waals surface area contributed by atoms with E-state index in [1.54, 1.807) is 12.4 Å². The summed E-state index contributed by atoms with van der Waals surface area (Å²) in [6, 6.07) is 2.01. The number of thiazole rings is 1. The minimum atomic E-state index is 0.731. The Morgan fingerprint density at radius 2 is 2.25 bits per heavy atom. The molecule has 0 bridgehead atoms. The van der Waals surface area contributed by atoms with Crippen LogP contribution in [0.25, 0.3) is 0 Å². The highest BCUT2D eigenvalue weighted by molar-refractivity contribution is 7.15. The molecule has 0 unspecified atom stereocenters. The lowest BCUT2D eigenvalue weighted by atomic mass is 10.2. The van der Waals surface area contributed by atoms with Gasteiger partial charge in [0.05, 0.1) is 6.20 Å². The smallest absolute Gasteiger partial charge is 0.113 e. The molecule has 3 nitrogen and oxygen atoms in total. The maximum atomic E-state index is 5.80. The summed E-state index contributed by atoms with van der Waals surface area (Å²) >= 11 is 7.30. The average molecular weight is 254 g/mol. The van der Waals surface area contributed by atoms with Crippen LogP contribution in [0.15, 0.2) is 24.7 Å². The third-order valence-electron chi connectivity index (χ3n) is 2.26. The standard InChI is InChI=1S/C11H12ClN3S/c1-8-2-3-13-4-9(8)5-14-7-11-15-6-10(12)16-11/h2-4,6,14H,5,7H2,1H3. The van der Waals surface area contributed by atoms with E-state index >= 15 is 0 Å². The Bertz CT molecular complexity index is 470. The Morgan fingerprint density at radius 3 is 2.94 bits per heavy atom. The number of hydrogen-bond donors (Lipinski definition) is 1. The van der Waals surface area contributed by atoms with E-state index in [9.17, 15) is 0 Å². The molecule has 0 fully saturated rings. The van der Waals surface area contributed by atoms with Gasteiger partial charge in [0.25, 0.3) is 0 Å². The first-order valence-corrected chi connectivity index (χ1v) is 6.15. The summed E-state index contributed by atoms with van der Waals surface area (Å²) in [5.74, 6) is 0. The Kier molecular flexibility index (Phi) is 3.88. The molecule has 0 amide bonds. The molecule has 5 heteroatoms. The van der Waals surface area contributed by atoms with E-state index in [1.165, 1.54) is 22.5 Å². The van der Waals surface area contributed by atoms with Crippen molar-refractivity contribution < 1.29 is 0 Å². The van der Waals surface area contributed by atoms with Gasteiger partial charge in [0.1, 0.15) is 9.34 Å². The first kappa shape index (κ1) is 11.5. The molecule has 84 valence electrons. The van der Waals surface area contributed by atoms with E-state index in [4.69, 9.17) is 11.6 Å². The van der Waals surface area contributed by atoms with Crippen LogP contribution in [0.5, 0.6) is 0 Å². The minimum absolute atomic E-state index is 0.731. The normalized spacial score (nSPS) is 10.6. The molecule has 2 aromatic rings. The third kappa shape index (κ3) is 3.01. The molecular formula is C11H12ClN3S. The van der Waals surface area contributed by atoms with Crippen LogP contribution in [-0.4, -0.2) is 9.97 Å². The van der Waals surface area contributed by atoms with Crippen LogP contribution in [0.1, 0.15) is 16.1 Å². The van der Waals surface area contributed by atoms with Crippen molar-refractivity contribution in [2.24, 2.45) is 0 Å². The second kappa shape index (κ2) is 5.39. The zero-order valence-electron chi connectivity index (χ0n) is 8.90. The number of nitrogens with one attached hydrogen (secondary N) is 1. The molecule has 2 aromatic heterocycles. The Morgan fingerprint density at radius 1 is 1.38 bits per heavy atom. The van der Waals surface area contributed by atoms with Crippen molar-refractivity contribution in [1.29, 1.82) is 0 Å². The Labute approximate surface area is 104 Å². The maximum absolute atomic E-state index is 5.80.